The van der Waals surface area contributed by atoms with Crippen LogP contribution >= 0.6 is 11.8 Å². The molecule has 1 fully saturated rings. The maximum absolute atomic E-state index is 14.2. The van der Waals surface area contributed by atoms with E-state index in [-0.39, 0.29) is 29.1 Å². The lowest BCUT2D eigenvalue weighted by Crippen LogP contribution is -2.52. The minimum absolute atomic E-state index is 0.0565. The van der Waals surface area contributed by atoms with Crippen LogP contribution in [0.15, 0.2) is 88.7 Å². The van der Waals surface area contributed by atoms with Crippen LogP contribution in [0.1, 0.15) is 45.1 Å². The van der Waals surface area contributed by atoms with Gasteiger partial charge in [-0.25, -0.2) is 8.42 Å². The molecule has 1 N–H and O–H groups in total. The Morgan fingerprint density at radius 1 is 0.976 bits per heavy atom. The van der Waals surface area contributed by atoms with E-state index in [4.69, 9.17) is 4.74 Å². The van der Waals surface area contributed by atoms with Crippen molar-refractivity contribution in [3.8, 4) is 5.75 Å². The van der Waals surface area contributed by atoms with Gasteiger partial charge in [0.1, 0.15) is 18.3 Å². The summed E-state index contributed by atoms with van der Waals surface area (Å²) in [6.07, 6.45) is 5.88. The molecule has 2 amide bonds. The number of carbonyl (C=O) groups excluding carboxylic acids is 2. The van der Waals surface area contributed by atoms with Crippen molar-refractivity contribution < 1.29 is 22.7 Å². The largest absolute Gasteiger partial charge is 0.492 e. The smallest absolute Gasteiger partial charge is 0.264 e. The van der Waals surface area contributed by atoms with Crippen molar-refractivity contribution in [1.29, 1.82) is 0 Å². The molecule has 4 rings (SSSR count). The first-order valence-corrected chi connectivity index (χ1v) is 16.9. The molecule has 0 heterocycles. The number of hydrogen-bond acceptors (Lipinski definition) is 6. The van der Waals surface area contributed by atoms with E-state index in [1.54, 1.807) is 55.5 Å². The van der Waals surface area contributed by atoms with E-state index in [1.165, 1.54) is 16.7 Å². The van der Waals surface area contributed by atoms with E-state index in [1.807, 2.05) is 43.5 Å². The minimum atomic E-state index is -4.19. The Bertz CT molecular complexity index is 1440. The van der Waals surface area contributed by atoms with Crippen LogP contribution in [0.25, 0.3) is 0 Å². The van der Waals surface area contributed by atoms with Crippen LogP contribution in [0.5, 0.6) is 5.75 Å². The molecule has 0 aliphatic heterocycles. The lowest BCUT2D eigenvalue weighted by molar-refractivity contribution is -0.139. The number of thioether (sulfide) groups is 1. The van der Waals surface area contributed by atoms with E-state index < -0.39 is 28.5 Å². The Hall–Kier alpha value is -3.50. The highest BCUT2D eigenvalue weighted by Gasteiger charge is 2.34. The predicted molar refractivity (Wildman–Crippen MR) is 167 cm³/mol. The number of nitrogens with zero attached hydrogens (tertiary/aromatic N) is 2. The summed E-state index contributed by atoms with van der Waals surface area (Å²) in [4.78, 5) is 29.9. The molecule has 8 nitrogen and oxygen atoms in total. The van der Waals surface area contributed by atoms with Crippen molar-refractivity contribution >= 4 is 39.3 Å². The zero-order valence-corrected chi connectivity index (χ0v) is 26.0. The number of carbonyl (C=O) groups is 2. The molecule has 1 saturated carbocycles. The Balaban J connectivity index is 1.71. The highest BCUT2D eigenvalue weighted by atomic mass is 32.2. The quantitative estimate of drug-likeness (QED) is 0.258. The van der Waals surface area contributed by atoms with E-state index in [0.29, 0.717) is 12.4 Å². The van der Waals surface area contributed by atoms with Gasteiger partial charge in [0.05, 0.1) is 17.2 Å². The van der Waals surface area contributed by atoms with Crippen molar-refractivity contribution in [3.05, 3.63) is 84.4 Å². The van der Waals surface area contributed by atoms with E-state index in [2.05, 4.69) is 5.32 Å². The molecule has 224 valence electrons. The molecular weight excluding hydrogens is 571 g/mol. The van der Waals surface area contributed by atoms with Gasteiger partial charge in [-0.15, -0.1) is 11.8 Å². The van der Waals surface area contributed by atoms with Gasteiger partial charge in [-0.1, -0.05) is 55.3 Å². The molecule has 3 aromatic rings. The zero-order chi connectivity index (χ0) is 30.1. The summed E-state index contributed by atoms with van der Waals surface area (Å²) in [6, 6.07) is 22.0. The van der Waals surface area contributed by atoms with Crippen LogP contribution in [-0.4, -0.2) is 56.6 Å². The second kappa shape index (κ2) is 14.6. The average molecular weight is 610 g/mol. The number of nitrogens with one attached hydrogen (secondary N) is 1. The number of sulfonamides is 1. The summed E-state index contributed by atoms with van der Waals surface area (Å²) in [6.45, 7) is 3.47. The number of amides is 2. The minimum Gasteiger partial charge on any atom is -0.492 e. The maximum atomic E-state index is 14.2. The monoisotopic (exact) mass is 609 g/mol. The molecule has 1 aliphatic rings. The lowest BCUT2D eigenvalue weighted by atomic mass is 10.1. The van der Waals surface area contributed by atoms with Gasteiger partial charge in [-0.2, -0.15) is 0 Å². The number of ether oxygens (including phenoxy) is 1. The SMILES string of the molecule is CCOc1ccccc1N(CC(=O)N(Cc1ccccc1)[C@@H](C)C(=O)NC1CCCC1)S(=O)(=O)c1ccc(SC)cc1. The number of anilines is 1. The zero-order valence-electron chi connectivity index (χ0n) is 24.4. The fourth-order valence-corrected chi connectivity index (χ4v) is 6.92. The van der Waals surface area contributed by atoms with Gasteiger partial charge < -0.3 is 15.0 Å². The van der Waals surface area contributed by atoms with Crippen LogP contribution in [-0.2, 0) is 26.2 Å². The van der Waals surface area contributed by atoms with Crippen molar-refractivity contribution in [3.63, 3.8) is 0 Å². The number of rotatable bonds is 13. The van der Waals surface area contributed by atoms with Crippen molar-refractivity contribution in [2.24, 2.45) is 0 Å². The summed E-state index contributed by atoms with van der Waals surface area (Å²) in [5.74, 6) is -0.398. The predicted octanol–water partition coefficient (Wildman–Crippen LogP) is 5.48. The highest BCUT2D eigenvalue weighted by Crippen LogP contribution is 2.33. The Labute approximate surface area is 253 Å². The molecule has 3 aromatic carbocycles. The topological polar surface area (TPSA) is 96.0 Å². The fourth-order valence-electron chi connectivity index (χ4n) is 5.08. The molecule has 0 spiro atoms. The number of benzene rings is 3. The average Bonchev–Trinajstić information content (AvgIpc) is 3.52. The van der Waals surface area contributed by atoms with Crippen molar-refractivity contribution in [2.75, 3.05) is 23.7 Å². The van der Waals surface area contributed by atoms with Crippen LogP contribution in [0.2, 0.25) is 0 Å². The van der Waals surface area contributed by atoms with Crippen LogP contribution in [0, 0.1) is 0 Å². The fraction of sp³-hybridized carbons (Fsp3) is 0.375. The summed E-state index contributed by atoms with van der Waals surface area (Å²) in [5, 5.41) is 3.09. The van der Waals surface area contributed by atoms with E-state index >= 15 is 0 Å². The molecule has 0 bridgehead atoms. The number of para-hydroxylation sites is 2. The van der Waals surface area contributed by atoms with Gasteiger partial charge in [-0.05, 0) is 74.9 Å². The second-order valence-corrected chi connectivity index (χ2v) is 13.0. The molecule has 0 radical (unpaired) electrons. The van der Waals surface area contributed by atoms with Gasteiger partial charge in [0.25, 0.3) is 10.0 Å². The summed E-state index contributed by atoms with van der Waals surface area (Å²) >= 11 is 1.51. The summed E-state index contributed by atoms with van der Waals surface area (Å²) in [7, 11) is -4.19. The normalized spacial score (nSPS) is 14.3. The van der Waals surface area contributed by atoms with Crippen molar-refractivity contribution in [1.82, 2.24) is 10.2 Å². The second-order valence-electron chi connectivity index (χ2n) is 10.3. The van der Waals surface area contributed by atoms with Crippen LogP contribution < -0.4 is 14.4 Å². The molecule has 42 heavy (non-hydrogen) atoms. The third-order valence-electron chi connectivity index (χ3n) is 7.42. The molecule has 0 unspecified atom stereocenters. The first kappa shape index (κ1) is 31.4. The standard InChI is InChI=1S/C32H39N3O5S2/c1-4-40-30-17-11-10-16-29(30)35(42(38,39)28-20-18-27(41-3)19-21-28)23-31(36)34(22-25-12-6-5-7-13-25)24(2)32(37)33-26-14-8-9-15-26/h5-7,10-13,16-21,24,26H,4,8-9,14-15,22-23H2,1-3H3,(H,33,37)/t24-/m0/s1. The van der Waals surface area contributed by atoms with Gasteiger partial charge in [-0.3, -0.25) is 13.9 Å². The lowest BCUT2D eigenvalue weighted by Gasteiger charge is -2.33. The molecule has 0 saturated heterocycles. The number of hydrogen-bond donors (Lipinski definition) is 1. The van der Waals surface area contributed by atoms with E-state index in [9.17, 15) is 18.0 Å². The molecule has 0 aromatic heterocycles. The first-order valence-electron chi connectivity index (χ1n) is 14.3. The Morgan fingerprint density at radius 2 is 1.62 bits per heavy atom. The van der Waals surface area contributed by atoms with Crippen molar-refractivity contribution in [2.45, 2.75) is 68.0 Å². The van der Waals surface area contributed by atoms with Crippen LogP contribution in [0.4, 0.5) is 5.69 Å². The van der Waals surface area contributed by atoms with Gasteiger partial charge in [0.2, 0.25) is 11.8 Å². The molecule has 1 aliphatic carbocycles. The molecular formula is C32H39N3O5S2. The van der Waals surface area contributed by atoms with Gasteiger partial charge in [0.15, 0.2) is 0 Å². The summed E-state index contributed by atoms with van der Waals surface area (Å²) in [5.41, 5.74) is 1.09. The first-order chi connectivity index (χ1) is 20.2. The maximum Gasteiger partial charge on any atom is 0.264 e. The summed E-state index contributed by atoms with van der Waals surface area (Å²) < 4.78 is 35.2. The molecule has 1 atom stereocenters. The van der Waals surface area contributed by atoms with E-state index in [0.717, 1.165) is 40.4 Å². The third-order valence-corrected chi connectivity index (χ3v) is 9.94. The van der Waals surface area contributed by atoms with Crippen LogP contribution in [0.3, 0.4) is 0 Å². The Morgan fingerprint density at radius 3 is 2.26 bits per heavy atom. The Kier molecular flexibility index (Phi) is 10.9. The molecule has 10 heteroatoms. The third kappa shape index (κ3) is 7.66. The van der Waals surface area contributed by atoms with Gasteiger partial charge in [0, 0.05) is 17.5 Å². The highest BCUT2D eigenvalue weighted by molar-refractivity contribution is 7.98. The van der Waals surface area contributed by atoms with Gasteiger partial charge >= 0.3 is 0 Å².